The third-order valence-corrected chi connectivity index (χ3v) is 2.52. The fourth-order valence-electron chi connectivity index (χ4n) is 2.20. The molecule has 12 heavy (non-hydrogen) atoms. The van der Waals surface area contributed by atoms with Crippen molar-refractivity contribution in [2.24, 2.45) is 11.8 Å². The van der Waals surface area contributed by atoms with E-state index < -0.39 is 0 Å². The van der Waals surface area contributed by atoms with Gasteiger partial charge in [0, 0.05) is 26.1 Å². The first-order valence-corrected chi connectivity index (χ1v) is 4.88. The Hall–Kier alpha value is -0.480. The summed E-state index contributed by atoms with van der Waals surface area (Å²) in [6.07, 6.45) is 7.52. The number of hydrogen-bond donors (Lipinski definition) is 0. The first-order chi connectivity index (χ1) is 5.72. The molecule has 0 amide bonds. The fraction of sp³-hybridized carbons (Fsp3) is 0.818. The average molecular weight is 165 g/mol. The Balaban J connectivity index is 2.30. The fourth-order valence-corrected chi connectivity index (χ4v) is 2.20. The van der Waals surface area contributed by atoms with E-state index >= 15 is 0 Å². The van der Waals surface area contributed by atoms with Gasteiger partial charge < -0.3 is 4.90 Å². The number of piperidine rings is 1. The van der Waals surface area contributed by atoms with Crippen molar-refractivity contribution >= 4 is 0 Å². The number of nitrogens with zero attached hydrogens (tertiary/aromatic N) is 1. The summed E-state index contributed by atoms with van der Waals surface area (Å²) < 4.78 is 0. The van der Waals surface area contributed by atoms with Gasteiger partial charge in [-0.15, -0.1) is 12.3 Å². The predicted octanol–water partition coefficient (Wildman–Crippen LogP) is 1.99. The zero-order valence-corrected chi connectivity index (χ0v) is 8.21. The summed E-state index contributed by atoms with van der Waals surface area (Å²) in [6, 6.07) is 0. The van der Waals surface area contributed by atoms with Gasteiger partial charge in [-0.05, 0) is 18.3 Å². The summed E-state index contributed by atoms with van der Waals surface area (Å²) in [5.41, 5.74) is 0. The lowest BCUT2D eigenvalue weighted by molar-refractivity contribution is 0.144. The normalized spacial score (nSPS) is 31.4. The van der Waals surface area contributed by atoms with Crippen LogP contribution in [-0.4, -0.2) is 24.5 Å². The summed E-state index contributed by atoms with van der Waals surface area (Å²) in [5, 5.41) is 0. The molecule has 1 aliphatic rings. The largest absolute Gasteiger partial charge is 0.302 e. The molecule has 68 valence electrons. The molecule has 0 radical (unpaired) electrons. The molecule has 0 aromatic carbocycles. The lowest BCUT2D eigenvalue weighted by Crippen LogP contribution is -2.39. The second kappa shape index (κ2) is 4.52. The first-order valence-electron chi connectivity index (χ1n) is 4.88. The molecule has 1 heteroatoms. The van der Waals surface area contributed by atoms with E-state index in [4.69, 9.17) is 6.42 Å². The molecule has 0 aliphatic carbocycles. The van der Waals surface area contributed by atoms with Crippen molar-refractivity contribution in [3.63, 3.8) is 0 Å². The molecule has 0 bridgehead atoms. The van der Waals surface area contributed by atoms with Gasteiger partial charge in [0.2, 0.25) is 0 Å². The summed E-state index contributed by atoms with van der Waals surface area (Å²) in [5.74, 6) is 4.41. The maximum atomic E-state index is 5.24. The molecule has 1 nitrogen and oxygen atoms in total. The minimum atomic E-state index is 0.853. The highest BCUT2D eigenvalue weighted by molar-refractivity contribution is 4.86. The highest BCUT2D eigenvalue weighted by Crippen LogP contribution is 2.20. The number of likely N-dealkylation sites (tertiary alicyclic amines) is 1. The van der Waals surface area contributed by atoms with Crippen LogP contribution >= 0.6 is 0 Å². The van der Waals surface area contributed by atoms with Gasteiger partial charge in [-0.25, -0.2) is 0 Å². The number of hydrogen-bond acceptors (Lipinski definition) is 1. The van der Waals surface area contributed by atoms with Crippen molar-refractivity contribution in [3.05, 3.63) is 0 Å². The Morgan fingerprint density at radius 2 is 1.92 bits per heavy atom. The molecule has 2 unspecified atom stereocenters. The Kier molecular flexibility index (Phi) is 3.62. The van der Waals surface area contributed by atoms with Crippen LogP contribution in [0, 0.1) is 24.2 Å². The van der Waals surface area contributed by atoms with Crippen molar-refractivity contribution in [3.8, 4) is 12.3 Å². The van der Waals surface area contributed by atoms with E-state index in [0.717, 1.165) is 24.8 Å². The SMILES string of the molecule is C#CCCN1CC(C)CC(C)C1. The minimum absolute atomic E-state index is 0.853. The van der Waals surface area contributed by atoms with Gasteiger partial charge in [0.1, 0.15) is 0 Å². The van der Waals surface area contributed by atoms with Gasteiger partial charge >= 0.3 is 0 Å². The predicted molar refractivity (Wildman–Crippen MR) is 52.8 cm³/mol. The van der Waals surface area contributed by atoms with Crippen LogP contribution in [0.5, 0.6) is 0 Å². The smallest absolute Gasteiger partial charge is 0.0214 e. The van der Waals surface area contributed by atoms with Crippen LogP contribution in [0.4, 0.5) is 0 Å². The molecule has 1 saturated heterocycles. The molecule has 0 spiro atoms. The highest BCUT2D eigenvalue weighted by Gasteiger charge is 2.20. The molecule has 1 heterocycles. The van der Waals surface area contributed by atoms with Crippen molar-refractivity contribution < 1.29 is 0 Å². The van der Waals surface area contributed by atoms with Crippen LogP contribution in [0.25, 0.3) is 0 Å². The Labute approximate surface area is 76.1 Å². The summed E-state index contributed by atoms with van der Waals surface area (Å²) in [7, 11) is 0. The van der Waals surface area contributed by atoms with Crippen LogP contribution in [0.2, 0.25) is 0 Å². The van der Waals surface area contributed by atoms with Gasteiger partial charge in [-0.1, -0.05) is 13.8 Å². The van der Waals surface area contributed by atoms with Gasteiger partial charge in [-0.3, -0.25) is 0 Å². The van der Waals surface area contributed by atoms with Crippen molar-refractivity contribution in [1.29, 1.82) is 0 Å². The molecule has 2 atom stereocenters. The summed E-state index contributed by atoms with van der Waals surface area (Å²) >= 11 is 0. The summed E-state index contributed by atoms with van der Waals surface area (Å²) in [6.45, 7) is 8.24. The maximum absolute atomic E-state index is 5.24. The molecule has 0 saturated carbocycles. The molecule has 0 aromatic rings. The number of terminal acetylenes is 1. The van der Waals surface area contributed by atoms with Crippen molar-refractivity contribution in [1.82, 2.24) is 4.90 Å². The summed E-state index contributed by atoms with van der Waals surface area (Å²) in [4.78, 5) is 2.50. The molecule has 0 aromatic heterocycles. The van der Waals surface area contributed by atoms with Gasteiger partial charge in [0.25, 0.3) is 0 Å². The molecule has 1 fully saturated rings. The minimum Gasteiger partial charge on any atom is -0.302 e. The monoisotopic (exact) mass is 165 g/mol. The maximum Gasteiger partial charge on any atom is 0.0214 e. The Morgan fingerprint density at radius 3 is 2.42 bits per heavy atom. The number of rotatable bonds is 2. The van der Waals surface area contributed by atoms with Crippen molar-refractivity contribution in [2.45, 2.75) is 26.7 Å². The zero-order chi connectivity index (χ0) is 8.97. The topological polar surface area (TPSA) is 3.24 Å². The van der Waals surface area contributed by atoms with E-state index in [2.05, 4.69) is 24.7 Å². The standard InChI is InChI=1S/C11H19N/c1-4-5-6-12-8-10(2)7-11(3)9-12/h1,10-11H,5-9H2,2-3H3. The van der Waals surface area contributed by atoms with Crippen LogP contribution in [0.3, 0.4) is 0 Å². The lowest BCUT2D eigenvalue weighted by Gasteiger charge is -2.34. The van der Waals surface area contributed by atoms with Crippen LogP contribution in [0.1, 0.15) is 26.7 Å². The Morgan fingerprint density at radius 1 is 1.33 bits per heavy atom. The van der Waals surface area contributed by atoms with E-state index in [0.29, 0.717) is 0 Å². The van der Waals surface area contributed by atoms with E-state index in [1.807, 2.05) is 0 Å². The molecular formula is C11H19N. The van der Waals surface area contributed by atoms with Crippen LogP contribution < -0.4 is 0 Å². The zero-order valence-electron chi connectivity index (χ0n) is 8.21. The van der Waals surface area contributed by atoms with E-state index in [1.54, 1.807) is 0 Å². The van der Waals surface area contributed by atoms with Gasteiger partial charge in [0.15, 0.2) is 0 Å². The molecule has 1 rings (SSSR count). The average Bonchev–Trinajstić information content (AvgIpc) is 1.99. The van der Waals surface area contributed by atoms with E-state index in [-0.39, 0.29) is 0 Å². The van der Waals surface area contributed by atoms with Crippen LogP contribution in [-0.2, 0) is 0 Å². The Bertz CT molecular complexity index is 158. The third kappa shape index (κ3) is 2.87. The second-order valence-electron chi connectivity index (χ2n) is 4.16. The van der Waals surface area contributed by atoms with Gasteiger partial charge in [0.05, 0.1) is 0 Å². The van der Waals surface area contributed by atoms with E-state index in [1.165, 1.54) is 19.5 Å². The second-order valence-corrected chi connectivity index (χ2v) is 4.16. The van der Waals surface area contributed by atoms with E-state index in [9.17, 15) is 0 Å². The molecule has 0 N–H and O–H groups in total. The first kappa shape index (κ1) is 9.61. The van der Waals surface area contributed by atoms with Gasteiger partial charge in [-0.2, -0.15) is 0 Å². The molecule has 1 aliphatic heterocycles. The quantitative estimate of drug-likeness (QED) is 0.566. The third-order valence-electron chi connectivity index (χ3n) is 2.52. The highest BCUT2D eigenvalue weighted by atomic mass is 15.1. The van der Waals surface area contributed by atoms with Crippen molar-refractivity contribution in [2.75, 3.05) is 19.6 Å². The lowest BCUT2D eigenvalue weighted by atomic mass is 9.92. The molecular weight excluding hydrogens is 146 g/mol. The van der Waals surface area contributed by atoms with Crippen LogP contribution in [0.15, 0.2) is 0 Å².